The van der Waals surface area contributed by atoms with Gasteiger partial charge in [-0.3, -0.25) is 0 Å². The van der Waals surface area contributed by atoms with Gasteiger partial charge in [0.2, 0.25) is 0 Å². The van der Waals surface area contributed by atoms with Gasteiger partial charge in [0.05, 0.1) is 24.0 Å². The van der Waals surface area contributed by atoms with Crippen LogP contribution in [0.5, 0.6) is 0 Å². The van der Waals surface area contributed by atoms with Gasteiger partial charge in [0, 0.05) is 53.3 Å². The van der Waals surface area contributed by atoms with Gasteiger partial charge >= 0.3 is 0 Å². The number of aromatic nitrogens is 4. The zero-order valence-electron chi connectivity index (χ0n) is 75.4. The summed E-state index contributed by atoms with van der Waals surface area (Å²) in [6.45, 7) is 0.611. The van der Waals surface area contributed by atoms with Crippen molar-refractivity contribution in [3.05, 3.63) is 532 Å². The molecule has 6 nitrogen and oxygen atoms in total. The van der Waals surface area contributed by atoms with Gasteiger partial charge in [0.25, 0.3) is 0 Å². The van der Waals surface area contributed by atoms with Crippen molar-refractivity contribution in [1.82, 2.24) is 25.3 Å². The van der Waals surface area contributed by atoms with E-state index in [0.29, 0.717) is 6.54 Å². The molecule has 0 atom stereocenters. The van der Waals surface area contributed by atoms with Crippen LogP contribution in [0.4, 0.5) is 0 Å². The highest BCUT2D eigenvalue weighted by Crippen LogP contribution is 2.57. The fraction of sp³-hybridized carbons (Fsp3) is 0.00758. The molecule has 0 radical (unpaired) electrons. The number of rotatable bonds is 18. The van der Waals surface area contributed by atoms with Crippen molar-refractivity contribution in [2.75, 3.05) is 6.54 Å². The van der Waals surface area contributed by atoms with E-state index in [1.165, 1.54) is 12.7 Å². The molecule has 3 heterocycles. The molecular weight excluding hydrogens is 1670 g/mol. The highest BCUT2D eigenvalue weighted by Gasteiger charge is 2.31. The van der Waals surface area contributed by atoms with Crippen LogP contribution in [-0.2, 0) is 0 Å². The van der Waals surface area contributed by atoms with Crippen LogP contribution in [0, 0.1) is 35.5 Å². The molecule has 1 N–H and O–H groups in total. The maximum absolute atomic E-state index is 4.38. The summed E-state index contributed by atoms with van der Waals surface area (Å²) in [4.78, 5) is 21.6. The fourth-order valence-corrected chi connectivity index (χ4v) is 19.0. The molecule has 0 fully saturated rings. The number of benzene rings is 19. The summed E-state index contributed by atoms with van der Waals surface area (Å²) in [5.41, 5.74) is 43.0. The van der Waals surface area contributed by atoms with Crippen LogP contribution in [0.1, 0.15) is 27.8 Å². The Hall–Kier alpha value is -18.8. The van der Waals surface area contributed by atoms with Gasteiger partial charge in [-0.2, -0.15) is 0 Å². The van der Waals surface area contributed by atoms with Crippen LogP contribution in [0.2, 0.25) is 0 Å². The Morgan fingerprint density at radius 1 is 0.167 bits per heavy atom. The summed E-state index contributed by atoms with van der Waals surface area (Å²) < 4.78 is 0. The van der Waals surface area contributed by atoms with Crippen molar-refractivity contribution in [1.29, 1.82) is 0 Å². The molecule has 19 aromatic carbocycles. The Morgan fingerprint density at radius 3 is 0.616 bits per heavy atom. The molecule has 6 heteroatoms. The summed E-state index contributed by atoms with van der Waals surface area (Å²) in [5.74, 6) is 20.5. The summed E-state index contributed by atoms with van der Waals surface area (Å²) in [7, 11) is 0. The van der Waals surface area contributed by atoms with E-state index in [0.717, 1.165) is 234 Å². The van der Waals surface area contributed by atoms with Gasteiger partial charge in [0.15, 0.2) is 0 Å². The second kappa shape index (κ2) is 39.3. The van der Waals surface area contributed by atoms with E-state index in [4.69, 9.17) is 0 Å². The third-order valence-corrected chi connectivity index (χ3v) is 25.5. The molecule has 0 unspecified atom stereocenters. The minimum Gasteiger partial charge on any atom is -0.371 e. The summed E-state index contributed by atoms with van der Waals surface area (Å²) in [6, 6.07) is 167. The average Bonchev–Trinajstić information content (AvgIpc) is 0.717. The Balaban J connectivity index is 0.908. The predicted octanol–water partition coefficient (Wildman–Crippen LogP) is 31.9. The first-order valence-corrected chi connectivity index (χ1v) is 46.4. The van der Waals surface area contributed by atoms with E-state index < -0.39 is 0 Å². The van der Waals surface area contributed by atoms with Gasteiger partial charge in [-0.1, -0.05) is 418 Å². The molecule has 0 amide bonds. The second-order valence-electron chi connectivity index (χ2n) is 34.2. The van der Waals surface area contributed by atoms with Crippen LogP contribution >= 0.6 is 0 Å². The van der Waals surface area contributed by atoms with Gasteiger partial charge < -0.3 is 5.32 Å². The minimum atomic E-state index is 0.611. The van der Waals surface area contributed by atoms with E-state index >= 15 is 0 Å². The van der Waals surface area contributed by atoms with Crippen molar-refractivity contribution in [3.8, 4) is 236 Å². The van der Waals surface area contributed by atoms with Crippen LogP contribution in [0.3, 0.4) is 0 Å². The molecule has 644 valence electrons. The molecule has 0 saturated heterocycles. The van der Waals surface area contributed by atoms with Gasteiger partial charge in [-0.25, -0.2) is 24.9 Å². The Kier molecular flexibility index (Phi) is 24.2. The van der Waals surface area contributed by atoms with E-state index in [-0.39, 0.29) is 0 Å². The first-order valence-electron chi connectivity index (χ1n) is 46.4. The maximum atomic E-state index is 4.38. The summed E-state index contributed by atoms with van der Waals surface area (Å²) >= 11 is 0. The first-order chi connectivity index (χ1) is 68.4. The molecule has 0 saturated carbocycles. The molecule has 0 spiro atoms. The SMILES string of the molecule is C(#Cc1ccc(-c2c(-c3ccccc3)cc(-c3cc(-c4cc(-c5ccccc5)c(-c5ccc(C#Cc6cncnc6)cc5)c(-c5ccc(-c6ccccc6)cc5)c4-c4ccccc4)cc(-c4cc(-c5ccccc5)c(-c5ccc(C#Cc6cncnc6)cc5)c(-c5ccc(-c6ccccc6)cc5)c4-c4ccccc4)c3)c(-c3ccccc3)c2-c2ccc(-c3ccccc3)cc2)cc1)C1=CN=CNC1. The maximum Gasteiger partial charge on any atom is 0.115 e. The fourth-order valence-electron chi connectivity index (χ4n) is 19.0. The molecule has 1 aliphatic heterocycles. The Bertz CT molecular complexity index is 7900. The summed E-state index contributed by atoms with van der Waals surface area (Å²) in [5, 5.41) is 3.24. The molecule has 2 aromatic heterocycles. The molecule has 138 heavy (non-hydrogen) atoms. The molecule has 22 rings (SSSR count). The van der Waals surface area contributed by atoms with Crippen molar-refractivity contribution in [2.24, 2.45) is 4.99 Å². The first kappa shape index (κ1) is 84.8. The van der Waals surface area contributed by atoms with Crippen LogP contribution < -0.4 is 5.32 Å². The minimum absolute atomic E-state index is 0.611. The number of nitrogens with one attached hydrogen (secondary N) is 1. The highest BCUT2D eigenvalue weighted by molar-refractivity contribution is 6.13. The van der Waals surface area contributed by atoms with E-state index in [2.05, 4.69) is 521 Å². The summed E-state index contributed by atoms with van der Waals surface area (Å²) in [6.07, 6.45) is 13.6. The lowest BCUT2D eigenvalue weighted by Crippen LogP contribution is -2.16. The van der Waals surface area contributed by atoms with Crippen molar-refractivity contribution in [2.45, 2.75) is 0 Å². The average molecular weight is 1760 g/mol. The number of hydrogen-bond donors (Lipinski definition) is 1. The zero-order chi connectivity index (χ0) is 92.1. The zero-order valence-corrected chi connectivity index (χ0v) is 75.4. The topological polar surface area (TPSA) is 76.0 Å². The highest BCUT2D eigenvalue weighted by atomic mass is 14.9. The standard InChI is InChI=1S/C132H86N6/c1-10-28-97(29-11-1)100-64-70-112(71-65-100)130-124(106-40-22-7-23-41-106)121(79-118(103-34-16-4-17-35-103)127(130)109-58-52-91(53-59-109)46-49-94-82-133-88-134-83-94)115-76-116(122-80-119(104-36-18-5-19-37-104)128(110-60-54-92(55-61-110)47-50-95-84-135-89-136-85-95)131(125(122)107-42-24-8-25-43-107)113-72-66-101(67-73-113)98-30-12-2-13-31-98)78-117(77-115)123-81-120(105-38-20-6-21-39-105)129(111-62-56-93(57-63-111)48-51-96-86-137-90-138-87-96)132(126(123)108-44-26-9-27-45-108)114-74-68-102(69-75-114)99-32-14-3-15-33-99/h1-45,52-86,88-90H,87H2,(H,137,138). The third-order valence-electron chi connectivity index (χ3n) is 25.5. The number of aliphatic imine (C=N–C) groups is 1. The largest absolute Gasteiger partial charge is 0.371 e. The van der Waals surface area contributed by atoms with E-state index in [1.54, 1.807) is 31.1 Å². The molecule has 0 bridgehead atoms. The second-order valence-corrected chi connectivity index (χ2v) is 34.2. The molecule has 0 aliphatic carbocycles. The monoisotopic (exact) mass is 1750 g/mol. The lowest BCUT2D eigenvalue weighted by Gasteiger charge is -2.27. The number of nitrogens with zero attached hydrogens (tertiary/aromatic N) is 5. The normalized spacial score (nSPS) is 11.3. The van der Waals surface area contributed by atoms with Gasteiger partial charge in [0.1, 0.15) is 12.7 Å². The molecular formula is C132H86N6. The van der Waals surface area contributed by atoms with Crippen LogP contribution in [0.15, 0.2) is 509 Å². The Labute approximate surface area is 805 Å². The van der Waals surface area contributed by atoms with E-state index in [1.807, 2.05) is 6.20 Å². The van der Waals surface area contributed by atoms with Gasteiger partial charge in [-0.15, -0.1) is 0 Å². The molecule has 1 aliphatic rings. The third kappa shape index (κ3) is 18.0. The number of hydrogen-bond acceptors (Lipinski definition) is 6. The van der Waals surface area contributed by atoms with Gasteiger partial charge in [-0.05, 0) is 273 Å². The van der Waals surface area contributed by atoms with Crippen molar-refractivity contribution < 1.29 is 0 Å². The van der Waals surface area contributed by atoms with Crippen LogP contribution in [0.25, 0.3) is 200 Å². The smallest absolute Gasteiger partial charge is 0.115 e. The van der Waals surface area contributed by atoms with Crippen molar-refractivity contribution in [3.63, 3.8) is 0 Å². The molecule has 21 aromatic rings. The predicted molar refractivity (Wildman–Crippen MR) is 572 cm³/mol. The van der Waals surface area contributed by atoms with Crippen LogP contribution in [-0.4, -0.2) is 32.8 Å². The lowest BCUT2D eigenvalue weighted by molar-refractivity contribution is 1.01. The Morgan fingerprint density at radius 2 is 0.362 bits per heavy atom. The van der Waals surface area contributed by atoms with E-state index in [9.17, 15) is 0 Å². The quantitative estimate of drug-likeness (QED) is 0.0867. The van der Waals surface area contributed by atoms with Crippen molar-refractivity contribution >= 4 is 6.34 Å². The lowest BCUT2D eigenvalue weighted by atomic mass is 9.75.